The topological polar surface area (TPSA) is 66.8 Å². The van der Waals surface area contributed by atoms with Gasteiger partial charge in [0.2, 0.25) is 0 Å². The molecule has 2 aliphatic heterocycles. The standard InChI is InChI=1S/C29H40ClN3O4Si/c1-18(19-12-10-9-11-13-19)31-21-16-23(30)32-26-20(21)14-15-33(26)27-25-24(36-29(5,6)37-25)22(35-27)17-34-38(7,8)28(2,3)4/h9-16,18,22,24-25,27H,17H2,1-8H3,(H,31,32)/t18?,22-,24-,25-,27-/m1/s1. The third-order valence-electron chi connectivity index (χ3n) is 8.14. The molecule has 2 aromatic heterocycles. The third-order valence-corrected chi connectivity index (χ3v) is 12.8. The van der Waals surface area contributed by atoms with E-state index in [1.165, 1.54) is 5.56 Å². The van der Waals surface area contributed by atoms with Gasteiger partial charge in [0, 0.05) is 23.3 Å². The van der Waals surface area contributed by atoms with Gasteiger partial charge in [-0.1, -0.05) is 62.7 Å². The predicted molar refractivity (Wildman–Crippen MR) is 154 cm³/mol. The van der Waals surface area contributed by atoms with Crippen molar-refractivity contribution in [2.24, 2.45) is 0 Å². The summed E-state index contributed by atoms with van der Waals surface area (Å²) in [7, 11) is -1.96. The Morgan fingerprint density at radius 1 is 1.13 bits per heavy atom. The summed E-state index contributed by atoms with van der Waals surface area (Å²) in [5.41, 5.74) is 2.85. The van der Waals surface area contributed by atoms with Crippen molar-refractivity contribution >= 4 is 36.6 Å². The monoisotopic (exact) mass is 557 g/mol. The van der Waals surface area contributed by atoms with Gasteiger partial charge in [0.1, 0.15) is 29.1 Å². The summed E-state index contributed by atoms with van der Waals surface area (Å²) >= 11 is 6.54. The maximum atomic E-state index is 6.62. The van der Waals surface area contributed by atoms with Crippen molar-refractivity contribution in [3.05, 3.63) is 59.4 Å². The van der Waals surface area contributed by atoms with Crippen LogP contribution in [0, 0.1) is 0 Å². The molecular weight excluding hydrogens is 518 g/mol. The Bertz CT molecular complexity index is 1290. The summed E-state index contributed by atoms with van der Waals surface area (Å²) in [6.45, 7) is 17.7. The van der Waals surface area contributed by atoms with Gasteiger partial charge in [-0.15, -0.1) is 0 Å². The molecule has 1 N–H and O–H groups in total. The molecule has 0 saturated carbocycles. The first-order valence-electron chi connectivity index (χ1n) is 13.4. The van der Waals surface area contributed by atoms with E-state index in [4.69, 9.17) is 35.2 Å². The van der Waals surface area contributed by atoms with Crippen LogP contribution < -0.4 is 5.32 Å². The summed E-state index contributed by atoms with van der Waals surface area (Å²) in [4.78, 5) is 4.70. The van der Waals surface area contributed by atoms with Gasteiger partial charge in [-0.3, -0.25) is 0 Å². The molecule has 4 heterocycles. The lowest BCUT2D eigenvalue weighted by atomic mass is 10.1. The lowest BCUT2D eigenvalue weighted by Gasteiger charge is -2.37. The summed E-state index contributed by atoms with van der Waals surface area (Å²) in [6, 6.07) is 14.4. The molecule has 1 aromatic carbocycles. The van der Waals surface area contributed by atoms with E-state index in [1.807, 2.05) is 48.9 Å². The number of nitrogens with one attached hydrogen (secondary N) is 1. The largest absolute Gasteiger partial charge is 0.414 e. The highest BCUT2D eigenvalue weighted by Crippen LogP contribution is 2.45. The molecule has 0 radical (unpaired) electrons. The Morgan fingerprint density at radius 3 is 2.50 bits per heavy atom. The molecule has 5 atom stereocenters. The van der Waals surface area contributed by atoms with E-state index in [0.717, 1.165) is 16.7 Å². The summed E-state index contributed by atoms with van der Waals surface area (Å²) in [6.07, 6.45) is 0.784. The summed E-state index contributed by atoms with van der Waals surface area (Å²) < 4.78 is 27.9. The number of ether oxygens (including phenoxy) is 3. The van der Waals surface area contributed by atoms with Crippen LogP contribution >= 0.6 is 11.6 Å². The minimum atomic E-state index is -1.96. The Balaban J connectivity index is 1.44. The second-order valence-electron chi connectivity index (χ2n) is 12.4. The van der Waals surface area contributed by atoms with Gasteiger partial charge in [0.15, 0.2) is 20.3 Å². The highest BCUT2D eigenvalue weighted by atomic mass is 35.5. The molecule has 38 heavy (non-hydrogen) atoms. The molecule has 0 aliphatic carbocycles. The van der Waals surface area contributed by atoms with E-state index in [9.17, 15) is 0 Å². The molecule has 206 valence electrons. The highest BCUT2D eigenvalue weighted by molar-refractivity contribution is 6.74. The minimum absolute atomic E-state index is 0.0950. The van der Waals surface area contributed by atoms with Crippen molar-refractivity contribution in [2.75, 3.05) is 11.9 Å². The number of aromatic nitrogens is 2. The number of hydrogen-bond donors (Lipinski definition) is 1. The Hall–Kier alpha value is -1.94. The van der Waals surface area contributed by atoms with Crippen LogP contribution in [0.15, 0.2) is 48.7 Å². The van der Waals surface area contributed by atoms with E-state index < -0.39 is 20.3 Å². The number of rotatable bonds is 7. The zero-order chi connectivity index (χ0) is 27.5. The van der Waals surface area contributed by atoms with Gasteiger partial charge in [0.25, 0.3) is 0 Å². The Kier molecular flexibility index (Phi) is 7.20. The molecule has 1 unspecified atom stereocenters. The highest BCUT2D eigenvalue weighted by Gasteiger charge is 2.56. The summed E-state index contributed by atoms with van der Waals surface area (Å²) in [5.74, 6) is -0.710. The van der Waals surface area contributed by atoms with Crippen molar-refractivity contribution in [3.63, 3.8) is 0 Å². The van der Waals surface area contributed by atoms with Gasteiger partial charge in [-0.2, -0.15) is 0 Å². The van der Waals surface area contributed by atoms with E-state index >= 15 is 0 Å². The van der Waals surface area contributed by atoms with Crippen molar-refractivity contribution < 1.29 is 18.6 Å². The number of hydrogen-bond acceptors (Lipinski definition) is 6. The quantitative estimate of drug-likeness (QED) is 0.243. The Labute approximate surface area is 231 Å². The van der Waals surface area contributed by atoms with Crippen LogP contribution in [0.25, 0.3) is 11.0 Å². The number of benzene rings is 1. The average molecular weight is 558 g/mol. The fourth-order valence-electron chi connectivity index (χ4n) is 5.00. The fourth-order valence-corrected chi connectivity index (χ4v) is 6.21. The van der Waals surface area contributed by atoms with Crippen molar-refractivity contribution in [2.45, 2.75) is 96.0 Å². The van der Waals surface area contributed by atoms with Crippen molar-refractivity contribution in [3.8, 4) is 0 Å². The molecule has 5 rings (SSSR count). The van der Waals surface area contributed by atoms with Gasteiger partial charge < -0.3 is 28.5 Å². The molecular formula is C29H40ClN3O4Si. The zero-order valence-electron chi connectivity index (χ0n) is 23.6. The van der Waals surface area contributed by atoms with E-state index in [1.54, 1.807) is 0 Å². The normalized spacial score (nSPS) is 26.0. The lowest BCUT2D eigenvalue weighted by molar-refractivity contribution is -0.199. The first-order chi connectivity index (χ1) is 17.8. The lowest BCUT2D eigenvalue weighted by Crippen LogP contribution is -2.44. The molecule has 2 aliphatic rings. The molecule has 7 nitrogen and oxygen atoms in total. The predicted octanol–water partition coefficient (Wildman–Crippen LogP) is 7.30. The first kappa shape index (κ1) is 27.6. The molecule has 0 bridgehead atoms. The zero-order valence-corrected chi connectivity index (χ0v) is 25.4. The number of nitrogens with zero attached hydrogens (tertiary/aromatic N) is 2. The fraction of sp³-hybridized carbons (Fsp3) is 0.552. The van der Waals surface area contributed by atoms with E-state index in [2.05, 4.69) is 64.3 Å². The molecule has 3 aromatic rings. The van der Waals surface area contributed by atoms with Crippen LogP contribution in [0.2, 0.25) is 23.3 Å². The second kappa shape index (κ2) is 9.91. The number of halogens is 1. The molecule has 0 spiro atoms. The van der Waals surface area contributed by atoms with Crippen molar-refractivity contribution in [1.82, 2.24) is 9.55 Å². The van der Waals surface area contributed by atoms with E-state index in [0.29, 0.717) is 11.8 Å². The van der Waals surface area contributed by atoms with Crippen LogP contribution in [0.4, 0.5) is 5.69 Å². The number of anilines is 1. The van der Waals surface area contributed by atoms with Crippen LogP contribution in [-0.2, 0) is 18.6 Å². The van der Waals surface area contributed by atoms with Gasteiger partial charge in [-0.05, 0) is 56.6 Å². The minimum Gasteiger partial charge on any atom is -0.414 e. The van der Waals surface area contributed by atoms with Crippen LogP contribution in [0.1, 0.15) is 59.4 Å². The maximum absolute atomic E-state index is 6.62. The second-order valence-corrected chi connectivity index (χ2v) is 17.6. The molecule has 2 saturated heterocycles. The van der Waals surface area contributed by atoms with Crippen LogP contribution in [0.3, 0.4) is 0 Å². The number of fused-ring (bicyclic) bond motifs is 2. The first-order valence-corrected chi connectivity index (χ1v) is 16.7. The number of pyridine rings is 1. The van der Waals surface area contributed by atoms with Crippen LogP contribution in [0.5, 0.6) is 0 Å². The SMILES string of the molecule is CC(Nc1cc(Cl)nc2c1ccn2[C@@H]1O[C@H](CO[Si](C)(C)C(C)(C)C)[C@H]2OC(C)(C)O[C@H]21)c1ccccc1. The van der Waals surface area contributed by atoms with Crippen LogP contribution in [-0.4, -0.2) is 48.6 Å². The van der Waals surface area contributed by atoms with Gasteiger partial charge >= 0.3 is 0 Å². The molecule has 9 heteroatoms. The van der Waals surface area contributed by atoms with Crippen molar-refractivity contribution in [1.29, 1.82) is 0 Å². The summed E-state index contributed by atoms with van der Waals surface area (Å²) in [5, 5.41) is 5.10. The maximum Gasteiger partial charge on any atom is 0.192 e. The Morgan fingerprint density at radius 2 is 1.82 bits per heavy atom. The molecule has 0 amide bonds. The van der Waals surface area contributed by atoms with E-state index in [-0.39, 0.29) is 29.4 Å². The van der Waals surface area contributed by atoms with Gasteiger partial charge in [-0.25, -0.2) is 4.98 Å². The molecule has 2 fully saturated rings. The third kappa shape index (κ3) is 5.27. The average Bonchev–Trinajstić information content (AvgIpc) is 3.48. The van der Waals surface area contributed by atoms with Gasteiger partial charge in [0.05, 0.1) is 6.61 Å². The smallest absolute Gasteiger partial charge is 0.192 e.